The lowest BCUT2D eigenvalue weighted by atomic mass is 10.0. The third-order valence-electron chi connectivity index (χ3n) is 2.60. The van der Waals surface area contributed by atoms with Gasteiger partial charge >= 0.3 is 0 Å². The van der Waals surface area contributed by atoms with Gasteiger partial charge in [0.2, 0.25) is 0 Å². The van der Waals surface area contributed by atoms with Gasteiger partial charge in [0, 0.05) is 24.1 Å². The Balaban J connectivity index is 2.09. The first-order valence-corrected chi connectivity index (χ1v) is 5.67. The van der Waals surface area contributed by atoms with E-state index in [0.29, 0.717) is 0 Å². The Morgan fingerprint density at radius 1 is 1.36 bits per heavy atom. The number of rotatable bonds is 2. The van der Waals surface area contributed by atoms with E-state index in [9.17, 15) is 0 Å². The smallest absolute Gasteiger partial charge is 0.0297 e. The molecule has 0 radical (unpaired) electrons. The summed E-state index contributed by atoms with van der Waals surface area (Å²) in [5.74, 6) is 0. The van der Waals surface area contributed by atoms with Gasteiger partial charge in [0.05, 0.1) is 0 Å². The first-order chi connectivity index (χ1) is 6.75. The zero-order valence-corrected chi connectivity index (χ0v) is 9.76. The van der Waals surface area contributed by atoms with Gasteiger partial charge in [-0.15, -0.1) is 0 Å². The van der Waals surface area contributed by atoms with Gasteiger partial charge in [0.15, 0.2) is 0 Å². The Bertz CT molecular complexity index is 346. The third-order valence-corrected chi connectivity index (χ3v) is 2.86. The molecule has 14 heavy (non-hydrogen) atoms. The molecule has 0 amide bonds. The van der Waals surface area contributed by atoms with Crippen LogP contribution in [0.5, 0.6) is 0 Å². The molecule has 0 fully saturated rings. The Labute approximate surface area is 93.6 Å². The summed E-state index contributed by atoms with van der Waals surface area (Å²) in [6.07, 6.45) is 1.16. The predicted octanol–water partition coefficient (Wildman–Crippen LogP) is 2.95. The van der Waals surface area contributed by atoms with E-state index in [-0.39, 0.29) is 0 Å². The Hall–Kier alpha value is -0.600. The summed E-state index contributed by atoms with van der Waals surface area (Å²) in [6.45, 7) is 7.03. The van der Waals surface area contributed by atoms with Crippen LogP contribution < -0.4 is 0 Å². The highest BCUT2D eigenvalue weighted by molar-refractivity contribution is 9.11. The van der Waals surface area contributed by atoms with Crippen molar-refractivity contribution >= 4 is 15.9 Å². The number of nitrogens with zero attached hydrogens (tertiary/aromatic N) is 1. The predicted molar refractivity (Wildman–Crippen MR) is 63.5 cm³/mol. The first kappa shape index (κ1) is 9.94. The molecule has 1 nitrogen and oxygen atoms in total. The summed E-state index contributed by atoms with van der Waals surface area (Å²) in [6, 6.07) is 8.69. The fraction of sp³-hybridized carbons (Fsp3) is 0.333. The third kappa shape index (κ3) is 2.25. The standard InChI is InChI=1S/C12H14BrN/c1-10(13)8-14-7-6-11-4-2-3-5-12(11)9-14/h2-5H,1,6-9H2. The molecule has 2 heteroatoms. The first-order valence-electron chi connectivity index (χ1n) is 4.88. The lowest BCUT2D eigenvalue weighted by molar-refractivity contribution is 0.280. The highest BCUT2D eigenvalue weighted by Gasteiger charge is 2.14. The zero-order chi connectivity index (χ0) is 9.97. The van der Waals surface area contributed by atoms with Crippen molar-refractivity contribution in [2.45, 2.75) is 13.0 Å². The number of fused-ring (bicyclic) bond motifs is 1. The summed E-state index contributed by atoms with van der Waals surface area (Å²) in [7, 11) is 0. The molecule has 2 rings (SSSR count). The topological polar surface area (TPSA) is 3.24 Å². The monoisotopic (exact) mass is 251 g/mol. The summed E-state index contributed by atoms with van der Waals surface area (Å²) in [4.78, 5) is 2.42. The molecule has 0 N–H and O–H groups in total. The van der Waals surface area contributed by atoms with Crippen LogP contribution in [0.15, 0.2) is 35.3 Å². The Morgan fingerprint density at radius 3 is 2.79 bits per heavy atom. The molecule has 0 aliphatic carbocycles. The van der Waals surface area contributed by atoms with Crippen LogP contribution in [-0.4, -0.2) is 18.0 Å². The number of benzene rings is 1. The number of hydrogen-bond acceptors (Lipinski definition) is 1. The van der Waals surface area contributed by atoms with Crippen molar-refractivity contribution in [3.8, 4) is 0 Å². The molecule has 1 aromatic carbocycles. The van der Waals surface area contributed by atoms with Gasteiger partial charge in [0.1, 0.15) is 0 Å². The van der Waals surface area contributed by atoms with Crippen molar-refractivity contribution < 1.29 is 0 Å². The number of halogens is 1. The van der Waals surface area contributed by atoms with Crippen LogP contribution in [0, 0.1) is 0 Å². The second-order valence-electron chi connectivity index (χ2n) is 3.75. The van der Waals surface area contributed by atoms with E-state index >= 15 is 0 Å². The van der Waals surface area contributed by atoms with Crippen molar-refractivity contribution in [1.29, 1.82) is 0 Å². The molecule has 1 aromatic rings. The van der Waals surface area contributed by atoms with Gasteiger partial charge in [-0.3, -0.25) is 4.90 Å². The van der Waals surface area contributed by atoms with Gasteiger partial charge in [-0.1, -0.05) is 46.8 Å². The van der Waals surface area contributed by atoms with Crippen molar-refractivity contribution in [2.24, 2.45) is 0 Å². The van der Waals surface area contributed by atoms with E-state index in [1.807, 2.05) is 0 Å². The van der Waals surface area contributed by atoms with E-state index in [1.54, 1.807) is 0 Å². The largest absolute Gasteiger partial charge is 0.294 e. The summed E-state index contributed by atoms with van der Waals surface area (Å²) < 4.78 is 1.07. The minimum absolute atomic E-state index is 0.953. The second-order valence-corrected chi connectivity index (χ2v) is 4.87. The summed E-state index contributed by atoms with van der Waals surface area (Å²) >= 11 is 3.41. The normalized spacial score (nSPS) is 16.4. The molecule has 0 spiro atoms. The molecular formula is C12H14BrN. The minimum atomic E-state index is 0.953. The van der Waals surface area contributed by atoms with E-state index < -0.39 is 0 Å². The quantitative estimate of drug-likeness (QED) is 0.782. The summed E-state index contributed by atoms with van der Waals surface area (Å²) in [5, 5.41) is 0. The van der Waals surface area contributed by atoms with Crippen LogP contribution in [0.4, 0.5) is 0 Å². The van der Waals surface area contributed by atoms with Gasteiger partial charge in [-0.05, 0) is 17.5 Å². The number of hydrogen-bond donors (Lipinski definition) is 0. The van der Waals surface area contributed by atoms with Crippen molar-refractivity contribution in [2.75, 3.05) is 13.1 Å². The molecule has 0 saturated heterocycles. The van der Waals surface area contributed by atoms with Crippen LogP contribution in [0.1, 0.15) is 11.1 Å². The van der Waals surface area contributed by atoms with E-state index in [4.69, 9.17) is 0 Å². The molecule has 74 valence electrons. The second kappa shape index (κ2) is 4.28. The molecule has 0 aromatic heterocycles. The maximum absolute atomic E-state index is 3.88. The zero-order valence-electron chi connectivity index (χ0n) is 8.17. The van der Waals surface area contributed by atoms with Crippen molar-refractivity contribution in [3.05, 3.63) is 46.5 Å². The highest BCUT2D eigenvalue weighted by atomic mass is 79.9. The molecule has 1 aliphatic heterocycles. The average Bonchev–Trinajstić information content (AvgIpc) is 2.17. The summed E-state index contributed by atoms with van der Waals surface area (Å²) in [5.41, 5.74) is 2.97. The molecule has 0 atom stereocenters. The minimum Gasteiger partial charge on any atom is -0.294 e. The molecule has 1 aliphatic rings. The average molecular weight is 252 g/mol. The van der Waals surface area contributed by atoms with E-state index in [2.05, 4.69) is 51.7 Å². The maximum Gasteiger partial charge on any atom is 0.0297 e. The van der Waals surface area contributed by atoms with E-state index in [1.165, 1.54) is 11.1 Å². The fourth-order valence-electron chi connectivity index (χ4n) is 1.93. The molecular weight excluding hydrogens is 238 g/mol. The van der Waals surface area contributed by atoms with Gasteiger partial charge in [-0.25, -0.2) is 0 Å². The van der Waals surface area contributed by atoms with Gasteiger partial charge < -0.3 is 0 Å². The highest BCUT2D eigenvalue weighted by Crippen LogP contribution is 2.19. The maximum atomic E-state index is 3.88. The fourth-order valence-corrected chi connectivity index (χ4v) is 2.29. The van der Waals surface area contributed by atoms with Gasteiger partial charge in [0.25, 0.3) is 0 Å². The SMILES string of the molecule is C=C(Br)CN1CCc2ccccc2C1. The molecule has 1 heterocycles. The van der Waals surface area contributed by atoms with Crippen LogP contribution in [0.25, 0.3) is 0 Å². The lowest BCUT2D eigenvalue weighted by Crippen LogP contribution is -2.31. The molecule has 0 unspecified atom stereocenters. The molecule has 0 bridgehead atoms. The lowest BCUT2D eigenvalue weighted by Gasteiger charge is -2.28. The van der Waals surface area contributed by atoms with Crippen molar-refractivity contribution in [3.63, 3.8) is 0 Å². The van der Waals surface area contributed by atoms with Crippen LogP contribution in [0.2, 0.25) is 0 Å². The molecule has 0 saturated carbocycles. The van der Waals surface area contributed by atoms with Crippen LogP contribution in [-0.2, 0) is 13.0 Å². The Kier molecular flexibility index (Phi) is 3.04. The van der Waals surface area contributed by atoms with Gasteiger partial charge in [-0.2, -0.15) is 0 Å². The van der Waals surface area contributed by atoms with Crippen LogP contribution >= 0.6 is 15.9 Å². The van der Waals surface area contributed by atoms with E-state index in [0.717, 1.165) is 30.5 Å². The van der Waals surface area contributed by atoms with Crippen LogP contribution in [0.3, 0.4) is 0 Å². The Morgan fingerprint density at radius 2 is 2.07 bits per heavy atom. The van der Waals surface area contributed by atoms with Crippen molar-refractivity contribution in [1.82, 2.24) is 4.90 Å².